The lowest BCUT2D eigenvalue weighted by molar-refractivity contribution is 0.369. The van der Waals surface area contributed by atoms with Gasteiger partial charge in [-0.1, -0.05) is 28.9 Å². The molecule has 1 aliphatic heterocycles. The van der Waals surface area contributed by atoms with Gasteiger partial charge in [0.2, 0.25) is 5.88 Å². The number of benzene rings is 1. The van der Waals surface area contributed by atoms with Gasteiger partial charge in [-0.05, 0) is 25.1 Å². The molecule has 5 nitrogen and oxygen atoms in total. The Balaban J connectivity index is 1.99. The number of methoxy groups -OCH3 is 1. The van der Waals surface area contributed by atoms with E-state index in [-0.39, 0.29) is 6.04 Å². The third-order valence-electron chi connectivity index (χ3n) is 4.01. The lowest BCUT2D eigenvalue weighted by Gasteiger charge is -2.11. The first kappa shape index (κ1) is 14.9. The largest absolute Gasteiger partial charge is 0.481 e. The molecule has 0 amide bonds. The molecule has 0 radical (unpaired) electrons. The van der Waals surface area contributed by atoms with Crippen LogP contribution in [0.15, 0.2) is 52.1 Å². The molecular formula is C18H14ClN3O2. The maximum absolute atomic E-state index is 6.02. The zero-order valence-corrected chi connectivity index (χ0v) is 13.9. The third-order valence-corrected chi connectivity index (χ3v) is 4.26. The number of halogens is 1. The highest BCUT2D eigenvalue weighted by Crippen LogP contribution is 2.37. The van der Waals surface area contributed by atoms with E-state index in [4.69, 9.17) is 25.9 Å². The predicted molar refractivity (Wildman–Crippen MR) is 91.8 cm³/mol. The zero-order valence-electron chi connectivity index (χ0n) is 13.2. The minimum Gasteiger partial charge on any atom is -0.481 e. The van der Waals surface area contributed by atoms with Crippen molar-refractivity contribution in [3.8, 4) is 17.0 Å². The Hall–Kier alpha value is -2.66. The molecule has 6 heteroatoms. The van der Waals surface area contributed by atoms with Crippen LogP contribution in [-0.2, 0) is 0 Å². The molecule has 0 saturated carbocycles. The first-order valence-corrected chi connectivity index (χ1v) is 7.89. The van der Waals surface area contributed by atoms with Crippen molar-refractivity contribution in [3.63, 3.8) is 0 Å². The first-order chi connectivity index (χ1) is 11.7. The van der Waals surface area contributed by atoms with E-state index in [1.165, 1.54) is 0 Å². The Labute approximate surface area is 143 Å². The van der Waals surface area contributed by atoms with Crippen molar-refractivity contribution in [1.29, 1.82) is 0 Å². The second-order valence-corrected chi connectivity index (χ2v) is 5.95. The van der Waals surface area contributed by atoms with Gasteiger partial charge in [-0.15, -0.1) is 0 Å². The standard InChI is InChI=1S/C18H14ClN3O2/c1-10-18-14(9-20-24-18)13-7-8-15(23-2)22-17(13)16(21-10)11-3-5-12(19)6-4-11/h3-10H,1-2H3. The average molecular weight is 340 g/mol. The highest BCUT2D eigenvalue weighted by Gasteiger charge is 2.27. The van der Waals surface area contributed by atoms with Crippen LogP contribution < -0.4 is 4.74 Å². The topological polar surface area (TPSA) is 60.5 Å². The number of hydrogen-bond donors (Lipinski definition) is 0. The fourth-order valence-corrected chi connectivity index (χ4v) is 2.96. The molecule has 24 heavy (non-hydrogen) atoms. The monoisotopic (exact) mass is 339 g/mol. The van der Waals surface area contributed by atoms with E-state index in [1.54, 1.807) is 13.3 Å². The van der Waals surface area contributed by atoms with Crippen molar-refractivity contribution < 1.29 is 9.26 Å². The molecule has 1 unspecified atom stereocenters. The fourth-order valence-electron chi connectivity index (χ4n) is 2.84. The number of fused-ring (bicyclic) bond motifs is 3. The van der Waals surface area contributed by atoms with Gasteiger partial charge in [0.25, 0.3) is 0 Å². The molecule has 0 N–H and O–H groups in total. The van der Waals surface area contributed by atoms with Crippen molar-refractivity contribution in [1.82, 2.24) is 10.1 Å². The van der Waals surface area contributed by atoms with Crippen LogP contribution in [0.5, 0.6) is 5.88 Å². The lowest BCUT2D eigenvalue weighted by atomic mass is 9.99. The summed E-state index contributed by atoms with van der Waals surface area (Å²) in [6, 6.07) is 11.2. The van der Waals surface area contributed by atoms with Gasteiger partial charge in [0.15, 0.2) is 5.76 Å². The van der Waals surface area contributed by atoms with Crippen LogP contribution in [0.1, 0.15) is 30.0 Å². The maximum Gasteiger partial charge on any atom is 0.213 e. The van der Waals surface area contributed by atoms with E-state index in [2.05, 4.69) is 10.1 Å². The second-order valence-electron chi connectivity index (χ2n) is 5.51. The van der Waals surface area contributed by atoms with E-state index in [1.807, 2.05) is 43.3 Å². The Morgan fingerprint density at radius 2 is 1.88 bits per heavy atom. The molecule has 3 aromatic rings. The van der Waals surface area contributed by atoms with Crippen LogP contribution in [0.25, 0.3) is 11.1 Å². The first-order valence-electron chi connectivity index (χ1n) is 7.51. The van der Waals surface area contributed by atoms with Crippen molar-refractivity contribution in [2.45, 2.75) is 13.0 Å². The molecule has 2 aromatic heterocycles. The van der Waals surface area contributed by atoms with Crippen LogP contribution >= 0.6 is 11.6 Å². The van der Waals surface area contributed by atoms with Gasteiger partial charge in [-0.2, -0.15) is 0 Å². The van der Waals surface area contributed by atoms with E-state index in [9.17, 15) is 0 Å². The second kappa shape index (κ2) is 5.76. The van der Waals surface area contributed by atoms with Crippen LogP contribution in [0.2, 0.25) is 5.02 Å². The molecule has 1 aliphatic rings. The summed E-state index contributed by atoms with van der Waals surface area (Å²) < 4.78 is 10.7. The summed E-state index contributed by atoms with van der Waals surface area (Å²) in [7, 11) is 1.60. The summed E-state index contributed by atoms with van der Waals surface area (Å²) in [6.07, 6.45) is 1.71. The number of aliphatic imine (C=N–C) groups is 1. The van der Waals surface area contributed by atoms with E-state index in [0.717, 1.165) is 33.9 Å². The summed E-state index contributed by atoms with van der Waals surface area (Å²) in [5, 5.41) is 4.60. The summed E-state index contributed by atoms with van der Waals surface area (Å²) in [5.74, 6) is 1.26. The lowest BCUT2D eigenvalue weighted by Crippen LogP contribution is -2.08. The summed E-state index contributed by atoms with van der Waals surface area (Å²) in [5.41, 5.74) is 4.28. The normalized spacial score (nSPS) is 16.0. The average Bonchev–Trinajstić information content (AvgIpc) is 3.06. The van der Waals surface area contributed by atoms with Crippen LogP contribution in [0.3, 0.4) is 0 Å². The molecule has 0 saturated heterocycles. The zero-order chi connectivity index (χ0) is 16.7. The number of ether oxygens (including phenoxy) is 1. The Kier molecular flexibility index (Phi) is 3.58. The minimum absolute atomic E-state index is 0.173. The molecule has 120 valence electrons. The third kappa shape index (κ3) is 2.37. The quantitative estimate of drug-likeness (QED) is 0.698. The Morgan fingerprint density at radius 1 is 1.08 bits per heavy atom. The van der Waals surface area contributed by atoms with E-state index >= 15 is 0 Å². The van der Waals surface area contributed by atoms with Gasteiger partial charge in [0.05, 0.1) is 19.0 Å². The summed E-state index contributed by atoms with van der Waals surface area (Å²) in [4.78, 5) is 9.46. The molecule has 3 heterocycles. The molecular weight excluding hydrogens is 326 g/mol. The molecule has 1 atom stereocenters. The molecule has 0 aliphatic carbocycles. The highest BCUT2D eigenvalue weighted by atomic mass is 35.5. The van der Waals surface area contributed by atoms with Gasteiger partial charge in [-0.3, -0.25) is 4.99 Å². The maximum atomic E-state index is 6.02. The van der Waals surface area contributed by atoms with Crippen molar-refractivity contribution in [2.24, 2.45) is 4.99 Å². The SMILES string of the molecule is COc1ccc2c(n1)C(c1ccc(Cl)cc1)=NC(C)c1oncc1-2. The predicted octanol–water partition coefficient (Wildman–Crippen LogP) is 4.31. The van der Waals surface area contributed by atoms with Gasteiger partial charge >= 0.3 is 0 Å². The van der Waals surface area contributed by atoms with Gasteiger partial charge in [-0.25, -0.2) is 4.98 Å². The van der Waals surface area contributed by atoms with Gasteiger partial charge in [0.1, 0.15) is 11.7 Å². The molecule has 4 rings (SSSR count). The van der Waals surface area contributed by atoms with E-state index in [0.29, 0.717) is 10.9 Å². The minimum atomic E-state index is -0.173. The van der Waals surface area contributed by atoms with Crippen LogP contribution in [0.4, 0.5) is 0 Å². The number of nitrogens with zero attached hydrogens (tertiary/aromatic N) is 3. The van der Waals surface area contributed by atoms with Gasteiger partial charge < -0.3 is 9.26 Å². The number of pyridine rings is 1. The van der Waals surface area contributed by atoms with E-state index < -0.39 is 0 Å². The fraction of sp³-hybridized carbons (Fsp3) is 0.167. The number of hydrogen-bond acceptors (Lipinski definition) is 5. The Bertz CT molecular complexity index is 932. The highest BCUT2D eigenvalue weighted by molar-refractivity contribution is 6.30. The van der Waals surface area contributed by atoms with Crippen molar-refractivity contribution >= 4 is 17.3 Å². The van der Waals surface area contributed by atoms with Crippen molar-refractivity contribution in [2.75, 3.05) is 7.11 Å². The molecule has 1 aromatic carbocycles. The number of rotatable bonds is 2. The summed E-state index contributed by atoms with van der Waals surface area (Å²) >= 11 is 6.02. The molecule has 0 spiro atoms. The van der Waals surface area contributed by atoms with Crippen LogP contribution in [0, 0.1) is 0 Å². The Morgan fingerprint density at radius 3 is 2.62 bits per heavy atom. The summed E-state index contributed by atoms with van der Waals surface area (Å²) in [6.45, 7) is 1.98. The molecule has 0 fully saturated rings. The van der Waals surface area contributed by atoms with Gasteiger partial charge in [0, 0.05) is 27.8 Å². The number of aromatic nitrogens is 2. The smallest absolute Gasteiger partial charge is 0.213 e. The molecule has 0 bridgehead atoms. The van der Waals surface area contributed by atoms with Crippen LogP contribution in [-0.4, -0.2) is 23.0 Å². The van der Waals surface area contributed by atoms with Crippen molar-refractivity contribution in [3.05, 3.63) is 64.6 Å².